The largest absolute Gasteiger partial charge is 0.283 e. The van der Waals surface area contributed by atoms with Gasteiger partial charge >= 0.3 is 0 Å². The molecule has 1 N–H and O–H groups in total. The molecule has 3 rings (SSSR count). The Morgan fingerprint density at radius 3 is 2.61 bits per heavy atom. The molecule has 0 aliphatic rings. The number of fused-ring (bicyclic) bond motifs is 2. The summed E-state index contributed by atoms with van der Waals surface area (Å²) in [6.45, 7) is 2.06. The molecule has 0 fully saturated rings. The van der Waals surface area contributed by atoms with E-state index in [4.69, 9.17) is 0 Å². The number of aromatic nitrogens is 1. The zero-order valence-corrected chi connectivity index (χ0v) is 13.9. The van der Waals surface area contributed by atoms with Crippen LogP contribution in [0.25, 0.3) is 21.8 Å². The first-order valence-electron chi connectivity index (χ1n) is 7.88. The van der Waals surface area contributed by atoms with E-state index in [1.165, 1.54) is 0 Å². The summed E-state index contributed by atoms with van der Waals surface area (Å²) < 4.78 is 27.2. The lowest BCUT2D eigenvalue weighted by Crippen LogP contribution is -2.16. The van der Waals surface area contributed by atoms with Crippen LogP contribution in [-0.2, 0) is 10.0 Å². The summed E-state index contributed by atoms with van der Waals surface area (Å²) in [5.41, 5.74) is 2.29. The molecule has 0 spiro atoms. The summed E-state index contributed by atoms with van der Waals surface area (Å²) in [5, 5.41) is 1.82. The van der Waals surface area contributed by atoms with Crippen molar-refractivity contribution in [1.82, 2.24) is 4.98 Å². The fourth-order valence-electron chi connectivity index (χ4n) is 2.65. The van der Waals surface area contributed by atoms with Gasteiger partial charge in [0, 0.05) is 10.8 Å². The zero-order chi connectivity index (χ0) is 16.3. The van der Waals surface area contributed by atoms with Gasteiger partial charge in [-0.25, -0.2) is 13.4 Å². The van der Waals surface area contributed by atoms with Gasteiger partial charge in [-0.3, -0.25) is 4.72 Å². The maximum Gasteiger partial charge on any atom is 0.232 e. The van der Waals surface area contributed by atoms with Crippen molar-refractivity contribution in [2.24, 2.45) is 0 Å². The third-order valence-corrected chi connectivity index (χ3v) is 5.20. The summed E-state index contributed by atoms with van der Waals surface area (Å²) >= 11 is 0. The van der Waals surface area contributed by atoms with Crippen LogP contribution in [0.1, 0.15) is 26.2 Å². The van der Waals surface area contributed by atoms with Crippen molar-refractivity contribution in [3.05, 3.63) is 48.5 Å². The van der Waals surface area contributed by atoms with Crippen LogP contribution < -0.4 is 4.72 Å². The molecule has 4 nitrogen and oxygen atoms in total. The second kappa shape index (κ2) is 6.54. The van der Waals surface area contributed by atoms with Crippen molar-refractivity contribution in [1.29, 1.82) is 0 Å². The molecule has 0 bridgehead atoms. The SMILES string of the molecule is CCCCCS(=O)(=O)Nc1cccc2nc3ccccc3cc12. The van der Waals surface area contributed by atoms with Crippen LogP contribution >= 0.6 is 0 Å². The maximum absolute atomic E-state index is 12.3. The molecule has 0 amide bonds. The Hall–Kier alpha value is -2.14. The minimum Gasteiger partial charge on any atom is -0.283 e. The average molecular weight is 328 g/mol. The van der Waals surface area contributed by atoms with E-state index in [9.17, 15) is 8.42 Å². The van der Waals surface area contributed by atoms with Gasteiger partial charge in [0.2, 0.25) is 10.0 Å². The predicted octanol–water partition coefficient (Wildman–Crippen LogP) is 4.32. The number of pyridine rings is 1. The highest BCUT2D eigenvalue weighted by Crippen LogP contribution is 2.26. The van der Waals surface area contributed by atoms with E-state index in [0.29, 0.717) is 12.1 Å². The second-order valence-electron chi connectivity index (χ2n) is 5.68. The third kappa shape index (κ3) is 3.62. The van der Waals surface area contributed by atoms with E-state index in [2.05, 4.69) is 16.6 Å². The highest BCUT2D eigenvalue weighted by Gasteiger charge is 2.12. The quantitative estimate of drug-likeness (QED) is 0.541. The molecule has 23 heavy (non-hydrogen) atoms. The van der Waals surface area contributed by atoms with Crippen molar-refractivity contribution in [2.75, 3.05) is 10.5 Å². The van der Waals surface area contributed by atoms with E-state index < -0.39 is 10.0 Å². The van der Waals surface area contributed by atoms with Crippen molar-refractivity contribution in [3.63, 3.8) is 0 Å². The van der Waals surface area contributed by atoms with Gasteiger partial charge in [-0.05, 0) is 30.7 Å². The van der Waals surface area contributed by atoms with Crippen LogP contribution in [0.5, 0.6) is 0 Å². The van der Waals surface area contributed by atoms with Crippen LogP contribution in [-0.4, -0.2) is 19.2 Å². The Kier molecular flexibility index (Phi) is 4.48. The normalized spacial score (nSPS) is 11.9. The van der Waals surface area contributed by atoms with Crippen molar-refractivity contribution in [3.8, 4) is 0 Å². The van der Waals surface area contributed by atoms with Gasteiger partial charge in [-0.1, -0.05) is 44.0 Å². The van der Waals surface area contributed by atoms with Gasteiger partial charge in [0.25, 0.3) is 0 Å². The van der Waals surface area contributed by atoms with Crippen molar-refractivity contribution >= 4 is 37.5 Å². The van der Waals surface area contributed by atoms with Crippen LogP contribution in [0.2, 0.25) is 0 Å². The first-order valence-corrected chi connectivity index (χ1v) is 9.53. The predicted molar refractivity (Wildman–Crippen MR) is 96.2 cm³/mol. The molecular formula is C18H20N2O2S. The lowest BCUT2D eigenvalue weighted by Gasteiger charge is -2.11. The Morgan fingerprint density at radius 2 is 1.78 bits per heavy atom. The van der Waals surface area contributed by atoms with Crippen LogP contribution in [0, 0.1) is 0 Å². The minimum atomic E-state index is -3.33. The molecule has 0 atom stereocenters. The van der Waals surface area contributed by atoms with E-state index in [-0.39, 0.29) is 5.75 Å². The molecule has 0 aliphatic carbocycles. The molecule has 1 heterocycles. The summed E-state index contributed by atoms with van der Waals surface area (Å²) in [6, 6.07) is 15.3. The van der Waals surface area contributed by atoms with Gasteiger partial charge in [-0.2, -0.15) is 0 Å². The molecular weight excluding hydrogens is 308 g/mol. The van der Waals surface area contributed by atoms with Gasteiger partial charge in [-0.15, -0.1) is 0 Å². The summed E-state index contributed by atoms with van der Waals surface area (Å²) in [6.07, 6.45) is 2.60. The summed E-state index contributed by atoms with van der Waals surface area (Å²) in [4.78, 5) is 4.61. The number of rotatable bonds is 6. The Bertz CT molecular complexity index is 936. The van der Waals surface area contributed by atoms with Crippen molar-refractivity contribution in [2.45, 2.75) is 26.2 Å². The number of hydrogen-bond donors (Lipinski definition) is 1. The number of benzene rings is 2. The average Bonchev–Trinajstić information content (AvgIpc) is 2.53. The lowest BCUT2D eigenvalue weighted by molar-refractivity contribution is 0.596. The smallest absolute Gasteiger partial charge is 0.232 e. The Balaban J connectivity index is 1.99. The van der Waals surface area contributed by atoms with Gasteiger partial charge in [0.1, 0.15) is 0 Å². The molecule has 0 saturated carbocycles. The first-order chi connectivity index (χ1) is 11.1. The summed E-state index contributed by atoms with van der Waals surface area (Å²) in [5.74, 6) is 0.151. The fourth-order valence-corrected chi connectivity index (χ4v) is 3.85. The third-order valence-electron chi connectivity index (χ3n) is 3.84. The number of anilines is 1. The number of nitrogens with zero attached hydrogens (tertiary/aromatic N) is 1. The number of para-hydroxylation sites is 1. The monoisotopic (exact) mass is 328 g/mol. The molecule has 0 unspecified atom stereocenters. The topological polar surface area (TPSA) is 59.1 Å². The molecule has 2 aromatic carbocycles. The lowest BCUT2D eigenvalue weighted by atomic mass is 10.1. The molecule has 3 aromatic rings. The molecule has 5 heteroatoms. The van der Waals surface area contributed by atoms with Crippen LogP contribution in [0.15, 0.2) is 48.5 Å². The molecule has 0 aliphatic heterocycles. The number of unbranched alkanes of at least 4 members (excludes halogenated alkanes) is 2. The fraction of sp³-hybridized carbons (Fsp3) is 0.278. The highest BCUT2D eigenvalue weighted by molar-refractivity contribution is 7.92. The number of nitrogens with one attached hydrogen (secondary N) is 1. The molecule has 120 valence electrons. The van der Waals surface area contributed by atoms with Crippen molar-refractivity contribution < 1.29 is 8.42 Å². The second-order valence-corrected chi connectivity index (χ2v) is 7.52. The van der Waals surface area contributed by atoms with E-state index in [1.807, 2.05) is 42.5 Å². The van der Waals surface area contributed by atoms with E-state index in [1.54, 1.807) is 6.07 Å². The van der Waals surface area contributed by atoms with E-state index >= 15 is 0 Å². The van der Waals surface area contributed by atoms with Crippen LogP contribution in [0.4, 0.5) is 5.69 Å². The zero-order valence-electron chi connectivity index (χ0n) is 13.1. The molecule has 1 aromatic heterocycles. The Morgan fingerprint density at radius 1 is 1.00 bits per heavy atom. The molecule has 0 radical (unpaired) electrons. The van der Waals surface area contributed by atoms with Gasteiger partial charge in [0.15, 0.2) is 0 Å². The molecule has 0 saturated heterocycles. The summed E-state index contributed by atoms with van der Waals surface area (Å²) in [7, 11) is -3.33. The van der Waals surface area contributed by atoms with E-state index in [0.717, 1.165) is 34.6 Å². The highest BCUT2D eigenvalue weighted by atomic mass is 32.2. The minimum absolute atomic E-state index is 0.151. The van der Waals surface area contributed by atoms with Crippen LogP contribution in [0.3, 0.4) is 0 Å². The number of sulfonamides is 1. The first kappa shape index (κ1) is 15.7. The Labute approximate surface area is 136 Å². The maximum atomic E-state index is 12.3. The van der Waals surface area contributed by atoms with Gasteiger partial charge < -0.3 is 0 Å². The van der Waals surface area contributed by atoms with Gasteiger partial charge in [0.05, 0.1) is 22.5 Å². The number of hydrogen-bond acceptors (Lipinski definition) is 3. The standard InChI is InChI=1S/C18H20N2O2S/c1-2-3-6-12-23(21,22)20-18-11-7-10-17-15(18)13-14-8-4-5-9-16(14)19-17/h4-5,7-11,13,20H,2-3,6,12H2,1H3.